The fourth-order valence-electron chi connectivity index (χ4n) is 3.02. The van der Waals surface area contributed by atoms with Gasteiger partial charge in [0.1, 0.15) is 0 Å². The summed E-state index contributed by atoms with van der Waals surface area (Å²) < 4.78 is 11.9. The van der Waals surface area contributed by atoms with E-state index >= 15 is 0 Å². The van der Waals surface area contributed by atoms with Crippen LogP contribution in [0.5, 0.6) is 11.5 Å². The Hall–Kier alpha value is -1.71. The third-order valence-corrected chi connectivity index (χ3v) is 4.42. The van der Waals surface area contributed by atoms with Crippen LogP contribution in [0.3, 0.4) is 0 Å². The van der Waals surface area contributed by atoms with E-state index in [4.69, 9.17) is 9.47 Å². The minimum absolute atomic E-state index is 0.0564. The standard InChI is InChI=1S/C23H39NO3/c1-6-8-10-14-26-21-13-12-20(17-22(21)27-15-11-9-7-2)23(25)24-19(5)16-18(3)4/h12-13,17-19H,6-11,14-16H2,1-5H3,(H,24,25). The quantitative estimate of drug-likeness (QED) is 0.405. The molecule has 1 aromatic rings. The third-order valence-electron chi connectivity index (χ3n) is 4.42. The minimum Gasteiger partial charge on any atom is -0.490 e. The molecule has 0 saturated heterocycles. The molecule has 1 N–H and O–H groups in total. The highest BCUT2D eigenvalue weighted by Crippen LogP contribution is 2.29. The average molecular weight is 378 g/mol. The molecule has 4 nitrogen and oxygen atoms in total. The number of hydrogen-bond donors (Lipinski definition) is 1. The summed E-state index contributed by atoms with van der Waals surface area (Å²) in [7, 11) is 0. The number of nitrogens with one attached hydrogen (secondary N) is 1. The van der Waals surface area contributed by atoms with Crippen molar-refractivity contribution in [2.24, 2.45) is 5.92 Å². The third kappa shape index (κ3) is 9.69. The molecule has 4 heteroatoms. The van der Waals surface area contributed by atoms with E-state index in [1.807, 2.05) is 25.1 Å². The first-order valence-corrected chi connectivity index (χ1v) is 10.7. The number of rotatable bonds is 14. The molecule has 0 aliphatic heterocycles. The lowest BCUT2D eigenvalue weighted by atomic mass is 10.0. The van der Waals surface area contributed by atoms with Crippen LogP contribution < -0.4 is 14.8 Å². The Morgan fingerprint density at radius 2 is 1.52 bits per heavy atom. The molecule has 1 aromatic carbocycles. The number of ether oxygens (including phenoxy) is 2. The predicted molar refractivity (Wildman–Crippen MR) is 113 cm³/mol. The van der Waals surface area contributed by atoms with Crippen LogP contribution in [0.25, 0.3) is 0 Å². The van der Waals surface area contributed by atoms with E-state index in [2.05, 4.69) is 33.0 Å². The average Bonchev–Trinajstić information content (AvgIpc) is 2.62. The van der Waals surface area contributed by atoms with Crippen LogP contribution in [-0.4, -0.2) is 25.2 Å². The highest BCUT2D eigenvalue weighted by molar-refractivity contribution is 5.95. The molecule has 0 bridgehead atoms. The molecule has 0 aromatic heterocycles. The second kappa shape index (κ2) is 13.5. The maximum Gasteiger partial charge on any atom is 0.251 e. The summed E-state index contributed by atoms with van der Waals surface area (Å²) in [6.45, 7) is 12.0. The van der Waals surface area contributed by atoms with Gasteiger partial charge >= 0.3 is 0 Å². The normalized spacial score (nSPS) is 12.1. The Labute approximate surface area is 166 Å². The fraction of sp³-hybridized carbons (Fsp3) is 0.696. The van der Waals surface area contributed by atoms with Gasteiger partial charge in [0.05, 0.1) is 13.2 Å². The largest absolute Gasteiger partial charge is 0.490 e. The number of carbonyl (C=O) groups is 1. The summed E-state index contributed by atoms with van der Waals surface area (Å²) in [5, 5.41) is 3.08. The minimum atomic E-state index is -0.0564. The van der Waals surface area contributed by atoms with Gasteiger partial charge in [-0.05, 0) is 50.3 Å². The van der Waals surface area contributed by atoms with Crippen molar-refractivity contribution in [1.29, 1.82) is 0 Å². The van der Waals surface area contributed by atoms with Crippen LogP contribution in [0.1, 0.15) is 89.9 Å². The van der Waals surface area contributed by atoms with Crippen molar-refractivity contribution in [3.63, 3.8) is 0 Å². The number of benzene rings is 1. The molecule has 0 fully saturated rings. The van der Waals surface area contributed by atoms with E-state index in [0.717, 1.165) is 50.7 Å². The van der Waals surface area contributed by atoms with Gasteiger partial charge in [-0.25, -0.2) is 0 Å². The Morgan fingerprint density at radius 3 is 2.07 bits per heavy atom. The maximum atomic E-state index is 12.6. The van der Waals surface area contributed by atoms with E-state index in [1.165, 1.54) is 0 Å². The second-order valence-electron chi connectivity index (χ2n) is 7.78. The van der Waals surface area contributed by atoms with Crippen molar-refractivity contribution >= 4 is 5.91 Å². The zero-order chi connectivity index (χ0) is 20.1. The first-order valence-electron chi connectivity index (χ1n) is 10.7. The lowest BCUT2D eigenvalue weighted by molar-refractivity contribution is 0.0935. The predicted octanol–water partition coefficient (Wildman–Crippen LogP) is 5.99. The van der Waals surface area contributed by atoms with E-state index < -0.39 is 0 Å². The van der Waals surface area contributed by atoms with Crippen LogP contribution in [-0.2, 0) is 0 Å². The van der Waals surface area contributed by atoms with Gasteiger partial charge in [-0.3, -0.25) is 4.79 Å². The molecular weight excluding hydrogens is 338 g/mol. The van der Waals surface area contributed by atoms with Crippen molar-refractivity contribution in [2.75, 3.05) is 13.2 Å². The highest BCUT2D eigenvalue weighted by atomic mass is 16.5. The van der Waals surface area contributed by atoms with E-state index in [0.29, 0.717) is 30.4 Å². The monoisotopic (exact) mass is 377 g/mol. The molecule has 1 rings (SSSR count). The Kier molecular flexibility index (Phi) is 11.6. The van der Waals surface area contributed by atoms with Gasteiger partial charge in [0.15, 0.2) is 11.5 Å². The van der Waals surface area contributed by atoms with Gasteiger partial charge in [-0.15, -0.1) is 0 Å². The van der Waals surface area contributed by atoms with Gasteiger partial charge < -0.3 is 14.8 Å². The molecule has 0 saturated carbocycles. The number of unbranched alkanes of at least 4 members (excludes halogenated alkanes) is 4. The van der Waals surface area contributed by atoms with Gasteiger partial charge in [0.2, 0.25) is 0 Å². The molecule has 0 aliphatic rings. The van der Waals surface area contributed by atoms with Gasteiger partial charge in [0, 0.05) is 11.6 Å². The SMILES string of the molecule is CCCCCOc1ccc(C(=O)NC(C)CC(C)C)cc1OCCCCC. The van der Waals surface area contributed by atoms with Crippen LogP contribution in [0.2, 0.25) is 0 Å². The Bertz CT molecular complexity index is 542. The zero-order valence-corrected chi connectivity index (χ0v) is 18.0. The number of amides is 1. The highest BCUT2D eigenvalue weighted by Gasteiger charge is 2.14. The summed E-state index contributed by atoms with van der Waals surface area (Å²) in [6.07, 6.45) is 7.61. The van der Waals surface area contributed by atoms with E-state index in [9.17, 15) is 4.79 Å². The molecule has 154 valence electrons. The Balaban J connectivity index is 2.78. The van der Waals surface area contributed by atoms with Crippen LogP contribution in [0, 0.1) is 5.92 Å². The van der Waals surface area contributed by atoms with Crippen LogP contribution in [0.4, 0.5) is 0 Å². The van der Waals surface area contributed by atoms with Gasteiger partial charge in [0.25, 0.3) is 5.91 Å². The molecule has 0 spiro atoms. The van der Waals surface area contributed by atoms with Crippen molar-refractivity contribution in [3.8, 4) is 11.5 Å². The van der Waals surface area contributed by atoms with Gasteiger partial charge in [-0.2, -0.15) is 0 Å². The number of carbonyl (C=O) groups excluding carboxylic acids is 1. The molecule has 1 atom stereocenters. The van der Waals surface area contributed by atoms with E-state index in [1.54, 1.807) is 0 Å². The van der Waals surface area contributed by atoms with Crippen LogP contribution in [0.15, 0.2) is 18.2 Å². The summed E-state index contributed by atoms with van der Waals surface area (Å²) in [5.41, 5.74) is 0.622. The zero-order valence-electron chi connectivity index (χ0n) is 18.0. The smallest absolute Gasteiger partial charge is 0.251 e. The van der Waals surface area contributed by atoms with Crippen molar-refractivity contribution in [3.05, 3.63) is 23.8 Å². The molecule has 0 radical (unpaired) electrons. The lowest BCUT2D eigenvalue weighted by Gasteiger charge is -2.17. The molecule has 0 heterocycles. The molecule has 27 heavy (non-hydrogen) atoms. The summed E-state index contributed by atoms with van der Waals surface area (Å²) in [6, 6.07) is 5.66. The topological polar surface area (TPSA) is 47.6 Å². The summed E-state index contributed by atoms with van der Waals surface area (Å²) in [5.74, 6) is 1.90. The molecular formula is C23H39NO3. The molecule has 1 amide bonds. The first-order chi connectivity index (χ1) is 13.0. The van der Waals surface area contributed by atoms with Crippen LogP contribution >= 0.6 is 0 Å². The first kappa shape index (κ1) is 23.3. The maximum absolute atomic E-state index is 12.6. The molecule has 0 aliphatic carbocycles. The van der Waals surface area contributed by atoms with Crippen molar-refractivity contribution < 1.29 is 14.3 Å². The van der Waals surface area contributed by atoms with Crippen molar-refractivity contribution in [2.45, 2.75) is 85.6 Å². The Morgan fingerprint density at radius 1 is 0.926 bits per heavy atom. The van der Waals surface area contributed by atoms with Gasteiger partial charge in [-0.1, -0.05) is 53.4 Å². The second-order valence-corrected chi connectivity index (χ2v) is 7.78. The lowest BCUT2D eigenvalue weighted by Crippen LogP contribution is -2.33. The fourth-order valence-corrected chi connectivity index (χ4v) is 3.02. The summed E-state index contributed by atoms with van der Waals surface area (Å²) in [4.78, 5) is 12.6. The molecule has 1 unspecified atom stereocenters. The van der Waals surface area contributed by atoms with E-state index in [-0.39, 0.29) is 11.9 Å². The number of hydrogen-bond acceptors (Lipinski definition) is 3. The van der Waals surface area contributed by atoms with Crippen molar-refractivity contribution in [1.82, 2.24) is 5.32 Å². The summed E-state index contributed by atoms with van der Waals surface area (Å²) >= 11 is 0.